The molecule has 38 heavy (non-hydrogen) atoms. The first-order valence-electron chi connectivity index (χ1n) is 11.9. The second-order valence-electron chi connectivity index (χ2n) is 8.45. The second kappa shape index (κ2) is 11.2. The number of aryl methyl sites for hydroxylation is 2. The fraction of sp³-hybridized carbons (Fsp3) is 0.360. The van der Waals surface area contributed by atoms with Crippen LogP contribution in [-0.4, -0.2) is 59.2 Å². The van der Waals surface area contributed by atoms with Crippen LogP contribution in [0.1, 0.15) is 37.1 Å². The molecule has 4 aromatic rings. The SMILES string of the molecule is CCO[C@@H](c1ncc(C)cn1)[C@@H](C)S(=O)(=O)Nc1nnc(-c2ccc(C)o2)n1-c1c(OC)cccc1OC. The smallest absolute Gasteiger partial charge is 0.243 e. The Hall–Kier alpha value is -3.97. The normalized spacial score (nSPS) is 13.2. The molecule has 12 nitrogen and oxygen atoms in total. The van der Waals surface area contributed by atoms with E-state index in [2.05, 4.69) is 24.9 Å². The zero-order valence-electron chi connectivity index (χ0n) is 22.0. The van der Waals surface area contributed by atoms with Crippen LogP contribution in [0.15, 0.2) is 47.1 Å². The van der Waals surface area contributed by atoms with Crippen molar-refractivity contribution in [2.75, 3.05) is 25.5 Å². The third-order valence-corrected chi connectivity index (χ3v) is 7.49. The lowest BCUT2D eigenvalue weighted by atomic mass is 10.2. The molecule has 0 unspecified atom stereocenters. The van der Waals surface area contributed by atoms with Crippen LogP contribution in [0, 0.1) is 13.8 Å². The van der Waals surface area contributed by atoms with E-state index in [1.165, 1.54) is 25.7 Å². The minimum atomic E-state index is -4.12. The quantitative estimate of drug-likeness (QED) is 0.297. The molecule has 3 heterocycles. The van der Waals surface area contributed by atoms with Crippen LogP contribution in [0.25, 0.3) is 17.3 Å². The monoisotopic (exact) mass is 542 g/mol. The Morgan fingerprint density at radius 2 is 1.68 bits per heavy atom. The van der Waals surface area contributed by atoms with Gasteiger partial charge in [-0.25, -0.2) is 18.4 Å². The molecular formula is C25H30N6O6S. The highest BCUT2D eigenvalue weighted by molar-refractivity contribution is 7.93. The molecule has 0 bridgehead atoms. The maximum atomic E-state index is 13.7. The van der Waals surface area contributed by atoms with Crippen molar-refractivity contribution >= 4 is 16.0 Å². The first-order valence-corrected chi connectivity index (χ1v) is 13.4. The standard InChI is InChI=1S/C25H30N6O6S/c1-7-36-22(23-26-13-15(2)14-27-23)17(4)38(32,33)30-25-29-28-24(20-12-11-16(3)37-20)31(25)21-18(34-5)9-8-10-19(21)35-6/h8-14,17,22H,7H2,1-6H3,(H,29,30)/t17-,22-/m1/s1. The molecule has 0 saturated carbocycles. The molecule has 202 valence electrons. The lowest BCUT2D eigenvalue weighted by molar-refractivity contribution is 0.0557. The molecule has 0 spiro atoms. The van der Waals surface area contributed by atoms with E-state index in [4.69, 9.17) is 18.6 Å². The predicted molar refractivity (Wildman–Crippen MR) is 140 cm³/mol. The number of hydrogen-bond acceptors (Lipinski definition) is 10. The molecule has 13 heteroatoms. The van der Waals surface area contributed by atoms with E-state index in [0.29, 0.717) is 28.7 Å². The largest absolute Gasteiger partial charge is 0.494 e. The summed E-state index contributed by atoms with van der Waals surface area (Å²) in [6.45, 7) is 7.19. The van der Waals surface area contributed by atoms with Gasteiger partial charge in [-0.3, -0.25) is 9.29 Å². The van der Waals surface area contributed by atoms with Gasteiger partial charge < -0.3 is 18.6 Å². The number of furan rings is 1. The highest BCUT2D eigenvalue weighted by Gasteiger charge is 2.35. The van der Waals surface area contributed by atoms with Gasteiger partial charge in [0.05, 0.1) is 14.2 Å². The average Bonchev–Trinajstić information content (AvgIpc) is 3.52. The Morgan fingerprint density at radius 3 is 2.24 bits per heavy atom. The molecule has 4 rings (SSSR count). The van der Waals surface area contributed by atoms with Crippen molar-refractivity contribution in [3.05, 3.63) is 59.9 Å². The predicted octanol–water partition coefficient (Wildman–Crippen LogP) is 3.86. The van der Waals surface area contributed by atoms with Crippen LogP contribution in [0.2, 0.25) is 0 Å². The first kappa shape index (κ1) is 27.1. The summed E-state index contributed by atoms with van der Waals surface area (Å²) in [5, 5.41) is 7.32. The molecule has 0 aliphatic carbocycles. The molecule has 0 saturated heterocycles. The molecule has 1 N–H and O–H groups in total. The number of anilines is 1. The molecule has 3 aromatic heterocycles. The fourth-order valence-electron chi connectivity index (χ4n) is 3.86. The number of sulfonamides is 1. The van der Waals surface area contributed by atoms with Crippen LogP contribution >= 0.6 is 0 Å². The number of ether oxygens (including phenoxy) is 3. The summed E-state index contributed by atoms with van der Waals surface area (Å²) in [5.74, 6) is 2.25. The van der Waals surface area contributed by atoms with Crippen molar-refractivity contribution in [3.63, 3.8) is 0 Å². The van der Waals surface area contributed by atoms with Crippen molar-refractivity contribution in [2.45, 2.75) is 39.0 Å². The van der Waals surface area contributed by atoms with Gasteiger partial charge in [-0.15, -0.1) is 10.2 Å². The minimum Gasteiger partial charge on any atom is -0.494 e. The molecule has 0 aliphatic rings. The zero-order valence-corrected chi connectivity index (χ0v) is 22.8. The summed E-state index contributed by atoms with van der Waals surface area (Å²) in [7, 11) is -1.12. The zero-order chi connectivity index (χ0) is 27.4. The van der Waals surface area contributed by atoms with Crippen LogP contribution in [0.5, 0.6) is 11.5 Å². The maximum Gasteiger partial charge on any atom is 0.243 e. The van der Waals surface area contributed by atoms with Crippen LogP contribution in [0.4, 0.5) is 5.95 Å². The van der Waals surface area contributed by atoms with Crippen molar-refractivity contribution in [3.8, 4) is 28.8 Å². The van der Waals surface area contributed by atoms with Gasteiger partial charge in [0.1, 0.15) is 34.3 Å². The number of aromatic nitrogens is 5. The number of methoxy groups -OCH3 is 2. The van der Waals surface area contributed by atoms with Gasteiger partial charge in [-0.1, -0.05) is 6.07 Å². The molecule has 0 fully saturated rings. The summed E-state index contributed by atoms with van der Waals surface area (Å²) < 4.78 is 54.2. The lowest BCUT2D eigenvalue weighted by Crippen LogP contribution is -2.34. The molecule has 0 aliphatic heterocycles. The summed E-state index contributed by atoms with van der Waals surface area (Å²) in [6.07, 6.45) is 2.30. The van der Waals surface area contributed by atoms with E-state index < -0.39 is 21.4 Å². The Bertz CT molecular complexity index is 1480. The number of nitrogens with one attached hydrogen (secondary N) is 1. The minimum absolute atomic E-state index is 0.0937. The fourth-order valence-corrected chi connectivity index (χ4v) is 4.96. The van der Waals surface area contributed by atoms with Gasteiger partial charge in [-0.2, -0.15) is 0 Å². The molecule has 1 aromatic carbocycles. The third kappa shape index (κ3) is 5.34. The second-order valence-corrected chi connectivity index (χ2v) is 10.5. The van der Waals surface area contributed by atoms with Gasteiger partial charge in [0.15, 0.2) is 11.6 Å². The number of hydrogen-bond donors (Lipinski definition) is 1. The number of rotatable bonds is 11. The third-order valence-electron chi connectivity index (χ3n) is 5.80. The lowest BCUT2D eigenvalue weighted by Gasteiger charge is -2.23. The van der Waals surface area contributed by atoms with Crippen molar-refractivity contribution < 1.29 is 27.0 Å². The Labute approximate surface area is 221 Å². The number of nitrogens with zero attached hydrogens (tertiary/aromatic N) is 5. The molecular weight excluding hydrogens is 512 g/mol. The maximum absolute atomic E-state index is 13.7. The number of para-hydroxylation sites is 1. The van der Waals surface area contributed by atoms with E-state index in [0.717, 1.165) is 5.56 Å². The van der Waals surface area contributed by atoms with Crippen LogP contribution < -0.4 is 14.2 Å². The van der Waals surface area contributed by atoms with Gasteiger partial charge in [-0.05, 0) is 57.5 Å². The van der Waals surface area contributed by atoms with E-state index in [-0.39, 0.29) is 24.2 Å². The Morgan fingerprint density at radius 1 is 1.03 bits per heavy atom. The van der Waals surface area contributed by atoms with E-state index in [1.807, 2.05) is 6.92 Å². The first-order chi connectivity index (χ1) is 18.2. The van der Waals surface area contributed by atoms with E-state index in [1.54, 1.807) is 56.6 Å². The van der Waals surface area contributed by atoms with Crippen molar-refractivity contribution in [1.82, 2.24) is 24.7 Å². The van der Waals surface area contributed by atoms with Crippen molar-refractivity contribution in [1.29, 1.82) is 0 Å². The molecule has 0 radical (unpaired) electrons. The highest BCUT2D eigenvalue weighted by Crippen LogP contribution is 2.38. The Balaban J connectivity index is 1.82. The van der Waals surface area contributed by atoms with Gasteiger partial charge in [0, 0.05) is 19.0 Å². The van der Waals surface area contributed by atoms with Gasteiger partial charge >= 0.3 is 0 Å². The summed E-state index contributed by atoms with van der Waals surface area (Å²) in [6, 6.07) is 8.68. The topological polar surface area (TPSA) is 143 Å². The Kier molecular flexibility index (Phi) is 7.97. The molecule has 2 atom stereocenters. The summed E-state index contributed by atoms with van der Waals surface area (Å²) >= 11 is 0. The van der Waals surface area contributed by atoms with Gasteiger partial charge in [0.25, 0.3) is 0 Å². The number of benzene rings is 1. The molecule has 0 amide bonds. The van der Waals surface area contributed by atoms with Gasteiger partial charge in [0.2, 0.25) is 21.8 Å². The van der Waals surface area contributed by atoms with Crippen LogP contribution in [0.3, 0.4) is 0 Å². The summed E-state index contributed by atoms with van der Waals surface area (Å²) in [4.78, 5) is 8.58. The van der Waals surface area contributed by atoms with E-state index >= 15 is 0 Å². The highest BCUT2D eigenvalue weighted by atomic mass is 32.2. The van der Waals surface area contributed by atoms with Crippen LogP contribution in [-0.2, 0) is 14.8 Å². The van der Waals surface area contributed by atoms with E-state index in [9.17, 15) is 8.42 Å². The average molecular weight is 543 g/mol. The van der Waals surface area contributed by atoms with Crippen molar-refractivity contribution in [2.24, 2.45) is 0 Å². The summed E-state index contributed by atoms with van der Waals surface area (Å²) in [5.41, 5.74) is 1.23.